The van der Waals surface area contributed by atoms with E-state index >= 15 is 0 Å². The van der Waals surface area contributed by atoms with Crippen LogP contribution in [0.5, 0.6) is 0 Å². The molecular formula is C15H14O. The summed E-state index contributed by atoms with van der Waals surface area (Å²) in [5.74, 6) is 0. The van der Waals surface area contributed by atoms with Gasteiger partial charge in [-0.05, 0) is 42.2 Å². The summed E-state index contributed by atoms with van der Waals surface area (Å²) in [5.41, 5.74) is 5.56. The topological polar surface area (TPSA) is 17.1 Å². The normalized spacial score (nSPS) is 10.1. The number of aryl methyl sites for hydroxylation is 1. The Hall–Kier alpha value is -1.89. The first-order chi connectivity index (χ1) is 7.72. The maximum absolute atomic E-state index is 10.7. The molecule has 2 aromatic rings. The van der Waals surface area contributed by atoms with E-state index in [2.05, 4.69) is 26.0 Å². The number of hydrogen-bond acceptors (Lipinski definition) is 1. The molecule has 0 spiro atoms. The van der Waals surface area contributed by atoms with Crippen molar-refractivity contribution < 1.29 is 4.79 Å². The van der Waals surface area contributed by atoms with Crippen LogP contribution in [-0.2, 0) is 0 Å². The predicted molar refractivity (Wildman–Crippen MR) is 66.7 cm³/mol. The van der Waals surface area contributed by atoms with Gasteiger partial charge in [-0.15, -0.1) is 0 Å². The molecule has 0 fully saturated rings. The number of carbonyl (C=O) groups is 1. The largest absolute Gasteiger partial charge is 0.298 e. The van der Waals surface area contributed by atoms with Crippen molar-refractivity contribution in [2.24, 2.45) is 0 Å². The number of benzene rings is 2. The van der Waals surface area contributed by atoms with E-state index in [-0.39, 0.29) is 0 Å². The highest BCUT2D eigenvalue weighted by Gasteiger charge is 2.03. The summed E-state index contributed by atoms with van der Waals surface area (Å²) in [6, 6.07) is 13.9. The van der Waals surface area contributed by atoms with Crippen LogP contribution in [0.2, 0.25) is 0 Å². The lowest BCUT2D eigenvalue weighted by Gasteiger charge is -2.08. The van der Waals surface area contributed by atoms with Crippen molar-refractivity contribution in [3.05, 3.63) is 59.2 Å². The lowest BCUT2D eigenvalue weighted by molar-refractivity contribution is 0.112. The third kappa shape index (κ3) is 1.89. The van der Waals surface area contributed by atoms with E-state index < -0.39 is 0 Å². The highest BCUT2D eigenvalue weighted by molar-refractivity contribution is 5.79. The second-order valence-corrected chi connectivity index (χ2v) is 3.99. The van der Waals surface area contributed by atoms with E-state index in [1.165, 1.54) is 16.7 Å². The van der Waals surface area contributed by atoms with Crippen LogP contribution < -0.4 is 0 Å². The highest BCUT2D eigenvalue weighted by atomic mass is 16.1. The second-order valence-electron chi connectivity index (χ2n) is 3.99. The molecule has 80 valence electrons. The zero-order chi connectivity index (χ0) is 11.5. The molecule has 0 aromatic heterocycles. The molecule has 0 N–H and O–H groups in total. The molecule has 0 aliphatic carbocycles. The standard InChI is InChI=1S/C15H14O/c1-11-5-3-8-15(12(11)2)14-7-4-6-13(9-14)10-16/h3-10H,1-2H3. The minimum Gasteiger partial charge on any atom is -0.298 e. The van der Waals surface area contributed by atoms with Crippen LogP contribution in [0.25, 0.3) is 11.1 Å². The summed E-state index contributed by atoms with van der Waals surface area (Å²) in [4.78, 5) is 10.7. The van der Waals surface area contributed by atoms with Gasteiger partial charge in [-0.2, -0.15) is 0 Å². The predicted octanol–water partition coefficient (Wildman–Crippen LogP) is 3.78. The fraction of sp³-hybridized carbons (Fsp3) is 0.133. The Morgan fingerprint density at radius 3 is 2.50 bits per heavy atom. The Morgan fingerprint density at radius 1 is 1.00 bits per heavy atom. The summed E-state index contributed by atoms with van der Waals surface area (Å²) in [6.07, 6.45) is 0.884. The van der Waals surface area contributed by atoms with Crippen LogP contribution in [0.15, 0.2) is 42.5 Å². The summed E-state index contributed by atoms with van der Waals surface area (Å²) in [7, 11) is 0. The van der Waals surface area contributed by atoms with Crippen molar-refractivity contribution in [2.75, 3.05) is 0 Å². The molecular weight excluding hydrogens is 196 g/mol. The van der Waals surface area contributed by atoms with Gasteiger partial charge in [0.25, 0.3) is 0 Å². The summed E-state index contributed by atoms with van der Waals surface area (Å²) in [5, 5.41) is 0. The molecule has 2 aromatic carbocycles. The van der Waals surface area contributed by atoms with Gasteiger partial charge in [0.05, 0.1) is 0 Å². The Labute approximate surface area is 95.7 Å². The van der Waals surface area contributed by atoms with Crippen molar-refractivity contribution in [3.63, 3.8) is 0 Å². The summed E-state index contributed by atoms with van der Waals surface area (Å²) in [6.45, 7) is 4.21. The zero-order valence-corrected chi connectivity index (χ0v) is 9.53. The van der Waals surface area contributed by atoms with E-state index in [1.54, 1.807) is 0 Å². The van der Waals surface area contributed by atoms with Crippen LogP contribution in [0.4, 0.5) is 0 Å². The van der Waals surface area contributed by atoms with Gasteiger partial charge in [0.2, 0.25) is 0 Å². The van der Waals surface area contributed by atoms with Gasteiger partial charge in [-0.3, -0.25) is 4.79 Å². The van der Waals surface area contributed by atoms with E-state index in [0.717, 1.165) is 17.4 Å². The highest BCUT2D eigenvalue weighted by Crippen LogP contribution is 2.25. The molecule has 0 bridgehead atoms. The van der Waals surface area contributed by atoms with Gasteiger partial charge < -0.3 is 0 Å². The molecule has 0 unspecified atom stereocenters. The molecule has 1 nitrogen and oxygen atoms in total. The average molecular weight is 210 g/mol. The molecule has 1 heteroatoms. The number of hydrogen-bond donors (Lipinski definition) is 0. The lowest BCUT2D eigenvalue weighted by atomic mass is 9.96. The first-order valence-electron chi connectivity index (χ1n) is 5.34. The van der Waals surface area contributed by atoms with Gasteiger partial charge in [0.15, 0.2) is 0 Å². The molecule has 0 aliphatic heterocycles. The van der Waals surface area contributed by atoms with Gasteiger partial charge in [-0.25, -0.2) is 0 Å². The number of carbonyl (C=O) groups excluding carboxylic acids is 1. The fourth-order valence-corrected chi connectivity index (χ4v) is 1.84. The van der Waals surface area contributed by atoms with E-state index in [0.29, 0.717) is 0 Å². The molecule has 0 amide bonds. The van der Waals surface area contributed by atoms with Gasteiger partial charge in [0, 0.05) is 5.56 Å². The molecule has 16 heavy (non-hydrogen) atoms. The maximum Gasteiger partial charge on any atom is 0.150 e. The summed E-state index contributed by atoms with van der Waals surface area (Å²) >= 11 is 0. The van der Waals surface area contributed by atoms with Gasteiger partial charge >= 0.3 is 0 Å². The van der Waals surface area contributed by atoms with E-state index in [1.807, 2.05) is 30.3 Å². The van der Waals surface area contributed by atoms with Crippen LogP contribution in [-0.4, -0.2) is 6.29 Å². The Kier molecular flexibility index (Phi) is 2.86. The average Bonchev–Trinajstić information content (AvgIpc) is 2.33. The minimum atomic E-state index is 0.721. The molecule has 0 radical (unpaired) electrons. The smallest absolute Gasteiger partial charge is 0.150 e. The van der Waals surface area contributed by atoms with Gasteiger partial charge in [0.1, 0.15) is 6.29 Å². The van der Waals surface area contributed by atoms with E-state index in [4.69, 9.17) is 0 Å². The van der Waals surface area contributed by atoms with Crippen LogP contribution >= 0.6 is 0 Å². The molecule has 0 saturated carbocycles. The fourth-order valence-electron chi connectivity index (χ4n) is 1.84. The SMILES string of the molecule is Cc1cccc(-c2cccc(C=O)c2)c1C. The molecule has 0 aliphatic rings. The van der Waals surface area contributed by atoms with Crippen molar-refractivity contribution in [1.29, 1.82) is 0 Å². The first kappa shape index (κ1) is 10.6. The Morgan fingerprint density at radius 2 is 1.75 bits per heavy atom. The molecule has 2 rings (SSSR count). The van der Waals surface area contributed by atoms with Crippen LogP contribution in [0.1, 0.15) is 21.5 Å². The Balaban J connectivity index is 2.58. The second kappa shape index (κ2) is 4.31. The lowest BCUT2D eigenvalue weighted by Crippen LogP contribution is -1.88. The van der Waals surface area contributed by atoms with E-state index in [9.17, 15) is 4.79 Å². The minimum absolute atomic E-state index is 0.721. The molecule has 0 saturated heterocycles. The van der Waals surface area contributed by atoms with Crippen molar-refractivity contribution in [3.8, 4) is 11.1 Å². The van der Waals surface area contributed by atoms with Crippen LogP contribution in [0, 0.1) is 13.8 Å². The molecule has 0 heterocycles. The Bertz CT molecular complexity index is 527. The number of aldehydes is 1. The van der Waals surface area contributed by atoms with Gasteiger partial charge in [-0.1, -0.05) is 36.4 Å². The monoisotopic (exact) mass is 210 g/mol. The van der Waals surface area contributed by atoms with Crippen molar-refractivity contribution in [1.82, 2.24) is 0 Å². The third-order valence-electron chi connectivity index (χ3n) is 2.94. The quantitative estimate of drug-likeness (QED) is 0.689. The zero-order valence-electron chi connectivity index (χ0n) is 9.53. The molecule has 0 atom stereocenters. The van der Waals surface area contributed by atoms with Crippen molar-refractivity contribution >= 4 is 6.29 Å². The van der Waals surface area contributed by atoms with Crippen LogP contribution in [0.3, 0.4) is 0 Å². The maximum atomic E-state index is 10.7. The third-order valence-corrected chi connectivity index (χ3v) is 2.94. The van der Waals surface area contributed by atoms with Crippen molar-refractivity contribution in [2.45, 2.75) is 13.8 Å². The number of rotatable bonds is 2. The summed E-state index contributed by atoms with van der Waals surface area (Å²) < 4.78 is 0. The first-order valence-corrected chi connectivity index (χ1v) is 5.34.